The number of fused-ring (bicyclic) bond motifs is 1. The van der Waals surface area contributed by atoms with Gasteiger partial charge in [-0.15, -0.1) is 5.10 Å². The highest BCUT2D eigenvalue weighted by Gasteiger charge is 2.10. The molecule has 112 valence electrons. The Morgan fingerprint density at radius 1 is 1.45 bits per heavy atom. The Morgan fingerprint density at radius 3 is 3.09 bits per heavy atom. The van der Waals surface area contributed by atoms with Gasteiger partial charge in [-0.2, -0.15) is 4.98 Å². The van der Waals surface area contributed by atoms with Gasteiger partial charge in [-0.3, -0.25) is 4.79 Å². The highest BCUT2D eigenvalue weighted by atomic mass is 35.5. The summed E-state index contributed by atoms with van der Waals surface area (Å²) in [4.78, 5) is 20.0. The lowest BCUT2D eigenvalue weighted by Gasteiger charge is -2.05. The number of benzene rings is 1. The molecule has 0 fully saturated rings. The van der Waals surface area contributed by atoms with E-state index >= 15 is 0 Å². The van der Waals surface area contributed by atoms with Crippen LogP contribution in [0.15, 0.2) is 41.8 Å². The second-order valence-electron chi connectivity index (χ2n) is 4.22. The monoisotopic (exact) mass is 337 g/mol. The van der Waals surface area contributed by atoms with Crippen molar-refractivity contribution in [3.05, 3.63) is 47.5 Å². The first-order chi connectivity index (χ1) is 10.6. The third kappa shape index (κ3) is 3.34. The lowest BCUT2D eigenvalue weighted by Crippen LogP contribution is -2.15. The topological polar surface area (TPSA) is 72.2 Å². The van der Waals surface area contributed by atoms with Crippen molar-refractivity contribution in [1.82, 2.24) is 19.6 Å². The van der Waals surface area contributed by atoms with Crippen LogP contribution in [0.4, 0.5) is 10.1 Å². The van der Waals surface area contributed by atoms with E-state index in [1.807, 2.05) is 0 Å². The smallest absolute Gasteiger partial charge is 0.253 e. The fraction of sp³-hybridized carbons (Fsp3) is 0.0769. The van der Waals surface area contributed by atoms with Crippen LogP contribution in [0.3, 0.4) is 0 Å². The second kappa shape index (κ2) is 6.29. The average molecular weight is 338 g/mol. The van der Waals surface area contributed by atoms with E-state index < -0.39 is 5.82 Å². The van der Waals surface area contributed by atoms with E-state index in [0.717, 1.165) is 17.8 Å². The minimum absolute atomic E-state index is 0.0545. The molecule has 0 bridgehead atoms. The zero-order valence-corrected chi connectivity index (χ0v) is 12.6. The summed E-state index contributed by atoms with van der Waals surface area (Å²) in [5, 5.41) is 7.32. The second-order valence-corrected chi connectivity index (χ2v) is 5.60. The van der Waals surface area contributed by atoms with Crippen LogP contribution in [0, 0.1) is 5.82 Å². The number of hydrogen-bond donors (Lipinski definition) is 1. The average Bonchev–Trinajstić information content (AvgIpc) is 2.91. The third-order valence-corrected chi connectivity index (χ3v) is 3.71. The Balaban J connectivity index is 1.62. The molecule has 0 aliphatic heterocycles. The summed E-state index contributed by atoms with van der Waals surface area (Å²) in [6.07, 6.45) is 3.32. The van der Waals surface area contributed by atoms with Crippen LogP contribution >= 0.6 is 23.4 Å². The molecule has 0 unspecified atom stereocenters. The summed E-state index contributed by atoms with van der Waals surface area (Å²) >= 11 is 6.79. The van der Waals surface area contributed by atoms with Crippen LogP contribution in [0.5, 0.6) is 0 Å². The summed E-state index contributed by atoms with van der Waals surface area (Å²) < 4.78 is 15.1. The normalized spacial score (nSPS) is 10.8. The molecule has 0 spiro atoms. The summed E-state index contributed by atoms with van der Waals surface area (Å²) in [7, 11) is 0. The number of hydrogen-bond acceptors (Lipinski definition) is 5. The number of amides is 1. The largest absolute Gasteiger partial charge is 0.323 e. The fourth-order valence-corrected chi connectivity index (χ4v) is 2.47. The number of carbonyl (C=O) groups is 1. The molecular weight excluding hydrogens is 329 g/mol. The van der Waals surface area contributed by atoms with Gasteiger partial charge >= 0.3 is 0 Å². The van der Waals surface area contributed by atoms with Gasteiger partial charge < -0.3 is 5.32 Å². The molecule has 1 aromatic carbocycles. The van der Waals surface area contributed by atoms with Crippen LogP contribution in [-0.2, 0) is 4.79 Å². The van der Waals surface area contributed by atoms with Crippen molar-refractivity contribution in [2.24, 2.45) is 0 Å². The molecular formula is C13H9ClFN5OS. The van der Waals surface area contributed by atoms with Crippen LogP contribution in [0.25, 0.3) is 5.78 Å². The van der Waals surface area contributed by atoms with E-state index in [2.05, 4.69) is 20.4 Å². The molecule has 0 saturated carbocycles. The van der Waals surface area contributed by atoms with E-state index in [4.69, 9.17) is 11.6 Å². The van der Waals surface area contributed by atoms with Crippen LogP contribution in [-0.4, -0.2) is 31.2 Å². The lowest BCUT2D eigenvalue weighted by molar-refractivity contribution is -0.113. The highest BCUT2D eigenvalue weighted by molar-refractivity contribution is 7.99. The first-order valence-electron chi connectivity index (χ1n) is 6.17. The number of aromatic nitrogens is 4. The van der Waals surface area contributed by atoms with Gasteiger partial charge in [0.1, 0.15) is 5.82 Å². The van der Waals surface area contributed by atoms with Gasteiger partial charge in [0.25, 0.3) is 5.78 Å². The van der Waals surface area contributed by atoms with Crippen molar-refractivity contribution >= 4 is 40.7 Å². The minimum atomic E-state index is -0.582. The maximum atomic E-state index is 13.6. The molecule has 1 N–H and O–H groups in total. The maximum Gasteiger partial charge on any atom is 0.253 e. The van der Waals surface area contributed by atoms with Crippen molar-refractivity contribution in [3.63, 3.8) is 0 Å². The van der Waals surface area contributed by atoms with Crippen molar-refractivity contribution in [3.8, 4) is 0 Å². The number of halogens is 2. The Hall–Kier alpha value is -2.19. The van der Waals surface area contributed by atoms with Gasteiger partial charge in [-0.25, -0.2) is 13.9 Å². The van der Waals surface area contributed by atoms with Crippen LogP contribution in [0.1, 0.15) is 0 Å². The Kier molecular flexibility index (Phi) is 4.21. The predicted octanol–water partition coefficient (Wildman–Crippen LogP) is 2.65. The van der Waals surface area contributed by atoms with E-state index in [1.165, 1.54) is 16.6 Å². The number of nitrogens with zero attached hydrogens (tertiary/aromatic N) is 4. The van der Waals surface area contributed by atoms with Gasteiger partial charge in [0.05, 0.1) is 11.4 Å². The minimum Gasteiger partial charge on any atom is -0.323 e. The number of nitrogens with one attached hydrogen (secondary N) is 1. The predicted molar refractivity (Wildman–Crippen MR) is 81.5 cm³/mol. The van der Waals surface area contributed by atoms with Crippen molar-refractivity contribution in [1.29, 1.82) is 0 Å². The number of carbonyl (C=O) groups excluding carboxylic acids is 1. The number of anilines is 1. The van der Waals surface area contributed by atoms with E-state index in [9.17, 15) is 9.18 Å². The molecule has 9 heteroatoms. The number of thioether (sulfide) groups is 1. The lowest BCUT2D eigenvalue weighted by atomic mass is 10.3. The van der Waals surface area contributed by atoms with Crippen LogP contribution < -0.4 is 5.32 Å². The molecule has 3 aromatic rings. The zero-order chi connectivity index (χ0) is 15.5. The maximum absolute atomic E-state index is 13.6. The molecule has 0 aliphatic rings. The Bertz CT molecular complexity index is 807. The molecule has 0 radical (unpaired) electrons. The molecule has 0 saturated heterocycles. The summed E-state index contributed by atoms with van der Waals surface area (Å²) in [5.74, 6) is -0.438. The summed E-state index contributed by atoms with van der Waals surface area (Å²) in [6, 6.07) is 5.78. The molecule has 22 heavy (non-hydrogen) atoms. The van der Waals surface area contributed by atoms with Crippen molar-refractivity contribution in [2.75, 3.05) is 11.1 Å². The van der Waals surface area contributed by atoms with Crippen molar-refractivity contribution < 1.29 is 9.18 Å². The van der Waals surface area contributed by atoms with Gasteiger partial charge in [0.2, 0.25) is 11.1 Å². The Labute approximate surface area is 133 Å². The van der Waals surface area contributed by atoms with Gasteiger partial charge in [0, 0.05) is 17.4 Å². The first-order valence-corrected chi connectivity index (χ1v) is 7.53. The van der Waals surface area contributed by atoms with Crippen LogP contribution in [0.2, 0.25) is 5.02 Å². The third-order valence-electron chi connectivity index (χ3n) is 2.63. The molecule has 3 rings (SSSR count). The molecule has 0 atom stereocenters. The fourth-order valence-electron chi connectivity index (χ4n) is 1.68. The standard InChI is InChI=1S/C13H9ClFN5OS/c14-8-2-3-10(9(15)6-8)17-11(21)7-22-13-18-12-16-4-1-5-20(12)19-13/h1-6H,7H2,(H,17,21). The zero-order valence-electron chi connectivity index (χ0n) is 11.0. The molecule has 0 aliphatic carbocycles. The molecule has 6 nitrogen and oxygen atoms in total. The first kappa shape index (κ1) is 14.7. The molecule has 2 heterocycles. The SMILES string of the molecule is O=C(CSc1nc2ncccn2n1)Nc1ccc(Cl)cc1F. The van der Waals surface area contributed by atoms with Gasteiger partial charge in [-0.05, 0) is 24.3 Å². The summed E-state index contributed by atoms with van der Waals surface area (Å²) in [6.45, 7) is 0. The van der Waals surface area contributed by atoms with Gasteiger partial charge in [0.15, 0.2) is 0 Å². The Morgan fingerprint density at radius 2 is 2.32 bits per heavy atom. The number of rotatable bonds is 4. The highest BCUT2D eigenvalue weighted by Crippen LogP contribution is 2.20. The molecule has 2 aromatic heterocycles. The summed E-state index contributed by atoms with van der Waals surface area (Å²) in [5.41, 5.74) is 0.0830. The quantitative estimate of drug-likeness (QED) is 0.741. The molecule has 1 amide bonds. The van der Waals surface area contributed by atoms with Gasteiger partial charge in [-0.1, -0.05) is 23.4 Å². The van der Waals surface area contributed by atoms with E-state index in [-0.39, 0.29) is 22.4 Å². The van der Waals surface area contributed by atoms with Crippen molar-refractivity contribution in [2.45, 2.75) is 5.16 Å². The van der Waals surface area contributed by atoms with E-state index in [1.54, 1.807) is 18.5 Å². The van der Waals surface area contributed by atoms with E-state index in [0.29, 0.717) is 10.9 Å².